The Kier molecular flexibility index (Phi) is 9.26. The van der Waals surface area contributed by atoms with Gasteiger partial charge in [0, 0.05) is 44.0 Å². The monoisotopic (exact) mass is 742 g/mol. The normalized spacial score (nSPS) is 11.6. The maximum Gasteiger partial charge on any atom is 0.323 e. The predicted octanol–water partition coefficient (Wildman–Crippen LogP) is 6.05. The van der Waals surface area contributed by atoms with Gasteiger partial charge in [0.2, 0.25) is 0 Å². The average Bonchev–Trinajstić information content (AvgIpc) is 3.08. The summed E-state index contributed by atoms with van der Waals surface area (Å²) in [4.78, 5) is 37.8. The van der Waals surface area contributed by atoms with E-state index in [2.05, 4.69) is 21.3 Å². The number of benzene rings is 6. The molecule has 0 aromatic heterocycles. The molecule has 0 bridgehead atoms. The maximum absolute atomic E-state index is 13.0. The molecule has 4 amide bonds. The minimum absolute atomic E-state index is 0.00461. The van der Waals surface area contributed by atoms with Crippen LogP contribution in [0.1, 0.15) is 20.7 Å². The number of rotatable bonds is 8. The van der Waals surface area contributed by atoms with Crippen LogP contribution in [-0.2, 0) is 20.2 Å². The fourth-order valence-electron chi connectivity index (χ4n) is 5.47. The Balaban J connectivity index is 1.09. The molecule has 0 atom stereocenters. The Labute approximate surface area is 295 Å². The lowest BCUT2D eigenvalue weighted by Crippen LogP contribution is -2.20. The number of carbonyl (C=O) groups excluding carboxylic acids is 3. The molecule has 0 aliphatic rings. The number of hydrogen-bond donors (Lipinski definition) is 8. The minimum Gasteiger partial charge on any atom is -0.507 e. The van der Waals surface area contributed by atoms with E-state index >= 15 is 0 Å². The molecule has 6 aromatic rings. The van der Waals surface area contributed by atoms with E-state index in [1.165, 1.54) is 84.9 Å². The molecule has 264 valence electrons. The largest absolute Gasteiger partial charge is 0.507 e. The first-order valence-corrected chi connectivity index (χ1v) is 17.8. The molecule has 0 spiro atoms. The van der Waals surface area contributed by atoms with Gasteiger partial charge < -0.3 is 31.5 Å². The smallest absolute Gasteiger partial charge is 0.323 e. The second-order valence-corrected chi connectivity index (χ2v) is 14.0. The maximum atomic E-state index is 13.0. The Morgan fingerprint density at radius 3 is 1.17 bits per heavy atom. The standard InChI is InChI=1S/C35H26N4O11S2/c40-27-15-17-29(51(45,46)47)23-3-1-5-25(31(23)27)38-33(42)19-7-11-21(12-8-19)36-35(44)37-22-13-9-20(10-14-22)34(43)39-26-6-2-4-24-30(52(48,49)50)18-16-28(41)32(24)26/h1-18,40-41H,(H,38,42)(H,39,43)(H2,36,37,44)(H,45,46,47)(H,48,49,50). The van der Waals surface area contributed by atoms with Crippen molar-refractivity contribution in [2.24, 2.45) is 0 Å². The van der Waals surface area contributed by atoms with Crippen molar-refractivity contribution in [3.05, 3.63) is 120 Å². The highest BCUT2D eigenvalue weighted by Crippen LogP contribution is 2.37. The summed E-state index contributed by atoms with van der Waals surface area (Å²) in [5.41, 5.74) is 1.16. The molecule has 0 aliphatic carbocycles. The highest BCUT2D eigenvalue weighted by molar-refractivity contribution is 7.86. The second-order valence-electron chi connectivity index (χ2n) is 11.2. The lowest BCUT2D eigenvalue weighted by Gasteiger charge is -2.13. The van der Waals surface area contributed by atoms with Crippen LogP contribution < -0.4 is 21.3 Å². The third kappa shape index (κ3) is 7.32. The van der Waals surface area contributed by atoms with Gasteiger partial charge in [0.05, 0.1) is 11.4 Å². The van der Waals surface area contributed by atoms with E-state index in [4.69, 9.17) is 0 Å². The zero-order valence-electron chi connectivity index (χ0n) is 26.4. The lowest BCUT2D eigenvalue weighted by atomic mass is 10.1. The summed E-state index contributed by atoms with van der Waals surface area (Å²) in [7, 11) is -9.23. The fraction of sp³-hybridized carbons (Fsp3) is 0. The molecule has 0 aliphatic heterocycles. The van der Waals surface area contributed by atoms with Gasteiger partial charge in [0.15, 0.2) is 0 Å². The first-order chi connectivity index (χ1) is 24.6. The van der Waals surface area contributed by atoms with Gasteiger partial charge in [-0.3, -0.25) is 18.7 Å². The topological polar surface area (TPSA) is 249 Å². The van der Waals surface area contributed by atoms with Gasteiger partial charge in [0.25, 0.3) is 32.1 Å². The van der Waals surface area contributed by atoms with E-state index < -0.39 is 47.9 Å². The molecule has 0 fully saturated rings. The average molecular weight is 743 g/mol. The van der Waals surface area contributed by atoms with Crippen molar-refractivity contribution in [3.63, 3.8) is 0 Å². The Hall–Kier alpha value is -6.53. The summed E-state index contributed by atoms with van der Waals surface area (Å²) in [6, 6.07) is 23.7. The van der Waals surface area contributed by atoms with Crippen molar-refractivity contribution in [2.45, 2.75) is 9.79 Å². The first-order valence-electron chi connectivity index (χ1n) is 15.0. The molecule has 0 unspecified atom stereocenters. The zero-order valence-corrected chi connectivity index (χ0v) is 28.0. The third-order valence-corrected chi connectivity index (χ3v) is 9.64. The highest BCUT2D eigenvalue weighted by atomic mass is 32.2. The SMILES string of the molecule is O=C(Nc1ccc(C(=O)Nc2cccc3c(S(=O)(=O)O)ccc(O)c23)cc1)Nc1ccc(C(=O)Nc2cccc3c(S(=O)(=O)O)ccc(O)c23)cc1. The van der Waals surface area contributed by atoms with E-state index in [9.17, 15) is 50.5 Å². The number of hydrogen-bond acceptors (Lipinski definition) is 9. The fourth-order valence-corrected chi connectivity index (χ4v) is 6.85. The summed E-state index contributed by atoms with van der Waals surface area (Å²) in [5.74, 6) is -1.85. The zero-order chi connectivity index (χ0) is 37.4. The van der Waals surface area contributed by atoms with Gasteiger partial charge in [-0.25, -0.2) is 4.79 Å². The molecule has 0 saturated carbocycles. The Morgan fingerprint density at radius 1 is 0.462 bits per heavy atom. The number of fused-ring (bicyclic) bond motifs is 2. The number of nitrogens with one attached hydrogen (secondary N) is 4. The minimum atomic E-state index is -4.61. The van der Waals surface area contributed by atoms with Crippen molar-refractivity contribution >= 4 is 82.4 Å². The first kappa shape index (κ1) is 35.3. The van der Waals surface area contributed by atoms with Gasteiger partial charge in [-0.2, -0.15) is 16.8 Å². The van der Waals surface area contributed by atoms with E-state index in [0.29, 0.717) is 11.4 Å². The Morgan fingerprint density at radius 2 is 0.827 bits per heavy atom. The molecule has 6 aromatic carbocycles. The van der Waals surface area contributed by atoms with Crippen molar-refractivity contribution in [1.82, 2.24) is 0 Å². The number of aromatic hydroxyl groups is 2. The van der Waals surface area contributed by atoms with Crippen LogP contribution in [-0.4, -0.2) is 54.0 Å². The van der Waals surface area contributed by atoms with Crippen LogP contribution in [0.5, 0.6) is 11.5 Å². The molecule has 0 saturated heterocycles. The summed E-state index contributed by atoms with van der Waals surface area (Å²) in [6.07, 6.45) is 0. The number of anilines is 4. The van der Waals surface area contributed by atoms with Crippen molar-refractivity contribution < 1.29 is 50.5 Å². The molecule has 52 heavy (non-hydrogen) atoms. The van der Waals surface area contributed by atoms with E-state index in [1.807, 2.05) is 0 Å². The highest BCUT2D eigenvalue weighted by Gasteiger charge is 2.21. The molecule has 15 nitrogen and oxygen atoms in total. The molecular formula is C35H26N4O11S2. The van der Waals surface area contributed by atoms with Gasteiger partial charge >= 0.3 is 6.03 Å². The number of carbonyl (C=O) groups is 3. The summed E-state index contributed by atoms with van der Waals surface area (Å²) < 4.78 is 66.3. The van der Waals surface area contributed by atoms with Crippen LogP contribution in [0.25, 0.3) is 21.5 Å². The van der Waals surface area contributed by atoms with Crippen LogP contribution in [0.2, 0.25) is 0 Å². The number of phenolic OH excluding ortho intramolecular Hbond substituents is 2. The van der Waals surface area contributed by atoms with Crippen molar-refractivity contribution in [2.75, 3.05) is 21.3 Å². The Bertz CT molecular complexity index is 2460. The third-order valence-electron chi connectivity index (χ3n) is 7.82. The molecule has 0 heterocycles. The van der Waals surface area contributed by atoms with Crippen molar-refractivity contribution in [3.8, 4) is 11.5 Å². The lowest BCUT2D eigenvalue weighted by molar-refractivity contribution is 0.101. The quantitative estimate of drug-likeness (QED) is 0.0834. The van der Waals surface area contributed by atoms with Crippen LogP contribution in [0, 0.1) is 0 Å². The van der Waals surface area contributed by atoms with Crippen molar-refractivity contribution in [1.29, 1.82) is 0 Å². The summed E-state index contributed by atoms with van der Waals surface area (Å²) in [6.45, 7) is 0. The van der Waals surface area contributed by atoms with Gasteiger partial charge in [0.1, 0.15) is 21.3 Å². The number of phenols is 2. The molecule has 6 rings (SSSR count). The van der Waals surface area contributed by atoms with Crippen LogP contribution in [0.3, 0.4) is 0 Å². The molecule has 0 radical (unpaired) electrons. The number of amides is 4. The van der Waals surface area contributed by atoms with Gasteiger partial charge in [-0.15, -0.1) is 0 Å². The summed E-state index contributed by atoms with van der Waals surface area (Å²) in [5, 5.41) is 31.2. The van der Waals surface area contributed by atoms with Crippen LogP contribution in [0.4, 0.5) is 27.5 Å². The molecule has 17 heteroatoms. The second kappa shape index (κ2) is 13.6. The number of urea groups is 1. The van der Waals surface area contributed by atoms with Gasteiger partial charge in [-0.1, -0.05) is 24.3 Å². The van der Waals surface area contributed by atoms with E-state index in [0.717, 1.165) is 24.3 Å². The predicted molar refractivity (Wildman–Crippen MR) is 192 cm³/mol. The molecular weight excluding hydrogens is 717 g/mol. The van der Waals surface area contributed by atoms with Crippen LogP contribution >= 0.6 is 0 Å². The van der Waals surface area contributed by atoms with Gasteiger partial charge in [-0.05, 0) is 84.9 Å². The van der Waals surface area contributed by atoms with E-state index in [-0.39, 0.29) is 55.5 Å². The van der Waals surface area contributed by atoms with E-state index in [1.54, 1.807) is 0 Å². The molecule has 8 N–H and O–H groups in total. The summed E-state index contributed by atoms with van der Waals surface area (Å²) >= 11 is 0. The van der Waals surface area contributed by atoms with Crippen LogP contribution in [0.15, 0.2) is 119 Å².